The van der Waals surface area contributed by atoms with E-state index in [1.54, 1.807) is 0 Å². The third kappa shape index (κ3) is 2.86. The molecule has 3 fully saturated rings. The first-order chi connectivity index (χ1) is 11.4. The number of carbonyl (C=O) groups excluding carboxylic acids is 1. The molecule has 2 saturated heterocycles. The predicted octanol–water partition coefficient (Wildman–Crippen LogP) is 2.22. The Morgan fingerprint density at radius 3 is 2.50 bits per heavy atom. The Morgan fingerprint density at radius 2 is 1.92 bits per heavy atom. The van der Waals surface area contributed by atoms with Gasteiger partial charge >= 0.3 is 0 Å². The highest BCUT2D eigenvalue weighted by Crippen LogP contribution is 2.46. The van der Waals surface area contributed by atoms with Crippen LogP contribution in [0.2, 0.25) is 0 Å². The summed E-state index contributed by atoms with van der Waals surface area (Å²) in [6.07, 6.45) is 2.26. The average Bonchev–Trinajstić information content (AvgIpc) is 2.93. The van der Waals surface area contributed by atoms with E-state index < -0.39 is 5.92 Å². The Kier molecular flexibility index (Phi) is 3.73. The summed E-state index contributed by atoms with van der Waals surface area (Å²) in [5, 5.41) is 8.62. The fourth-order valence-corrected chi connectivity index (χ4v) is 3.72. The summed E-state index contributed by atoms with van der Waals surface area (Å²) in [4.78, 5) is 15.6. The summed E-state index contributed by atoms with van der Waals surface area (Å²) in [6.45, 7) is 4.00. The lowest BCUT2D eigenvalue weighted by molar-refractivity contribution is -0.128. The topological polar surface area (TPSA) is 54.3 Å². The zero-order chi connectivity index (χ0) is 16.9. The van der Waals surface area contributed by atoms with Gasteiger partial charge in [0, 0.05) is 44.9 Å². The molecule has 4 rings (SSSR count). The number of hydrogen-bond acceptors (Lipinski definition) is 4. The number of likely N-dealkylation sites (tertiary alicyclic amines) is 1. The molecule has 24 heavy (non-hydrogen) atoms. The predicted molar refractivity (Wildman–Crippen MR) is 83.9 cm³/mol. The molecule has 3 heterocycles. The lowest BCUT2D eigenvalue weighted by atomic mass is 10.1. The molecule has 1 aromatic rings. The molecule has 0 radical (unpaired) electrons. The number of carbonyl (C=O) groups is 1. The average molecular weight is 339 g/mol. The number of piperidine rings is 1. The molecule has 8 heteroatoms. The second-order valence-corrected chi connectivity index (χ2v) is 7.33. The van der Waals surface area contributed by atoms with Crippen molar-refractivity contribution in [2.75, 3.05) is 24.5 Å². The molecule has 0 aromatic carbocycles. The number of nitrogens with zero attached hydrogens (tertiary/aromatic N) is 5. The van der Waals surface area contributed by atoms with E-state index in [0.29, 0.717) is 44.0 Å². The molecule has 1 amide bonds. The molecular formula is C16H23F2N5O. The van der Waals surface area contributed by atoms with Gasteiger partial charge in [-0.2, -0.15) is 0 Å². The van der Waals surface area contributed by atoms with Crippen molar-refractivity contribution in [2.45, 2.75) is 57.5 Å². The van der Waals surface area contributed by atoms with E-state index in [0.717, 1.165) is 25.2 Å². The molecule has 1 saturated carbocycles. The van der Waals surface area contributed by atoms with Crippen LogP contribution in [0.15, 0.2) is 0 Å². The Hall–Kier alpha value is -1.73. The van der Waals surface area contributed by atoms with Crippen molar-refractivity contribution in [3.05, 3.63) is 5.82 Å². The normalized spacial score (nSPS) is 29.4. The first-order valence-electron chi connectivity index (χ1n) is 8.79. The van der Waals surface area contributed by atoms with Gasteiger partial charge < -0.3 is 9.80 Å². The Labute approximate surface area is 139 Å². The van der Waals surface area contributed by atoms with Gasteiger partial charge in [0.1, 0.15) is 0 Å². The van der Waals surface area contributed by atoms with E-state index in [2.05, 4.69) is 21.7 Å². The van der Waals surface area contributed by atoms with Gasteiger partial charge in [-0.05, 0) is 18.8 Å². The molecule has 132 valence electrons. The summed E-state index contributed by atoms with van der Waals surface area (Å²) in [5.74, 6) is -0.390. The van der Waals surface area contributed by atoms with Crippen LogP contribution in [0.25, 0.3) is 0 Å². The zero-order valence-electron chi connectivity index (χ0n) is 13.9. The van der Waals surface area contributed by atoms with Gasteiger partial charge in [0.2, 0.25) is 11.9 Å². The lowest BCUT2D eigenvalue weighted by Crippen LogP contribution is -2.40. The third-order valence-corrected chi connectivity index (χ3v) is 5.43. The summed E-state index contributed by atoms with van der Waals surface area (Å²) in [7, 11) is 0. The molecule has 1 aromatic heterocycles. The van der Waals surface area contributed by atoms with E-state index >= 15 is 0 Å². The van der Waals surface area contributed by atoms with Crippen molar-refractivity contribution in [3.63, 3.8) is 0 Å². The minimum atomic E-state index is -2.57. The molecule has 0 spiro atoms. The van der Waals surface area contributed by atoms with Gasteiger partial charge in [0.05, 0.1) is 6.54 Å². The smallest absolute Gasteiger partial charge is 0.251 e. The highest BCUT2D eigenvalue weighted by Gasteiger charge is 2.41. The second kappa shape index (κ2) is 5.67. The number of aromatic nitrogens is 3. The number of amides is 1. The summed E-state index contributed by atoms with van der Waals surface area (Å²) in [6, 6.07) is 0.324. The van der Waals surface area contributed by atoms with Crippen LogP contribution in [0.4, 0.5) is 14.7 Å². The van der Waals surface area contributed by atoms with Crippen LogP contribution in [0.3, 0.4) is 0 Å². The van der Waals surface area contributed by atoms with Gasteiger partial charge in [-0.25, -0.2) is 8.78 Å². The quantitative estimate of drug-likeness (QED) is 0.844. The van der Waals surface area contributed by atoms with E-state index in [1.807, 2.05) is 9.80 Å². The number of halogens is 2. The third-order valence-electron chi connectivity index (χ3n) is 5.43. The second-order valence-electron chi connectivity index (χ2n) is 7.33. The largest absolute Gasteiger partial charge is 0.340 e. The number of hydrogen-bond donors (Lipinski definition) is 0. The van der Waals surface area contributed by atoms with Crippen molar-refractivity contribution in [1.82, 2.24) is 19.7 Å². The first-order valence-corrected chi connectivity index (χ1v) is 8.79. The van der Waals surface area contributed by atoms with Gasteiger partial charge in [0.15, 0.2) is 5.82 Å². The van der Waals surface area contributed by atoms with Gasteiger partial charge in [-0.3, -0.25) is 9.36 Å². The summed E-state index contributed by atoms with van der Waals surface area (Å²) < 4.78 is 29.0. The van der Waals surface area contributed by atoms with Crippen LogP contribution in [-0.2, 0) is 11.3 Å². The fourth-order valence-electron chi connectivity index (χ4n) is 3.72. The summed E-state index contributed by atoms with van der Waals surface area (Å²) >= 11 is 0. The van der Waals surface area contributed by atoms with E-state index in [-0.39, 0.29) is 18.7 Å². The Balaban J connectivity index is 1.57. The van der Waals surface area contributed by atoms with Gasteiger partial charge in [-0.15, -0.1) is 10.2 Å². The zero-order valence-corrected chi connectivity index (χ0v) is 13.9. The van der Waals surface area contributed by atoms with Gasteiger partial charge in [0.25, 0.3) is 5.92 Å². The first kappa shape index (κ1) is 15.8. The maximum Gasteiger partial charge on any atom is 0.251 e. The highest BCUT2D eigenvalue weighted by atomic mass is 19.3. The Bertz CT molecular complexity index is 636. The SMILES string of the molecule is CC1CC1n1c(CN2CCCC2=O)nnc1N1CCC(F)(F)CC1. The molecule has 0 bridgehead atoms. The minimum Gasteiger partial charge on any atom is -0.340 e. The molecule has 0 N–H and O–H groups in total. The summed E-state index contributed by atoms with van der Waals surface area (Å²) in [5.41, 5.74) is 0. The molecule has 2 aliphatic heterocycles. The molecule has 3 aliphatic rings. The van der Waals surface area contributed by atoms with E-state index in [4.69, 9.17) is 0 Å². The van der Waals surface area contributed by atoms with Crippen LogP contribution in [0.1, 0.15) is 50.9 Å². The van der Waals surface area contributed by atoms with E-state index in [9.17, 15) is 13.6 Å². The standard InChI is InChI=1S/C16H23F2N5O/c1-11-9-12(11)23-13(10-22-6-2-3-14(22)24)19-20-15(23)21-7-4-16(17,18)5-8-21/h11-12H,2-10H2,1H3. The molecular weight excluding hydrogens is 316 g/mol. The molecule has 2 unspecified atom stereocenters. The number of alkyl halides is 2. The Morgan fingerprint density at radius 1 is 1.21 bits per heavy atom. The number of anilines is 1. The van der Waals surface area contributed by atoms with Crippen LogP contribution >= 0.6 is 0 Å². The maximum absolute atomic E-state index is 13.4. The monoisotopic (exact) mass is 339 g/mol. The fraction of sp³-hybridized carbons (Fsp3) is 0.812. The van der Waals surface area contributed by atoms with Crippen LogP contribution < -0.4 is 4.90 Å². The van der Waals surface area contributed by atoms with Crippen LogP contribution in [-0.4, -0.2) is 51.1 Å². The van der Waals surface area contributed by atoms with Crippen LogP contribution in [0.5, 0.6) is 0 Å². The molecule has 6 nitrogen and oxygen atoms in total. The molecule has 1 aliphatic carbocycles. The van der Waals surface area contributed by atoms with Crippen molar-refractivity contribution < 1.29 is 13.6 Å². The van der Waals surface area contributed by atoms with Crippen molar-refractivity contribution in [1.29, 1.82) is 0 Å². The molecule has 2 atom stereocenters. The van der Waals surface area contributed by atoms with Crippen molar-refractivity contribution in [2.24, 2.45) is 5.92 Å². The maximum atomic E-state index is 13.4. The van der Waals surface area contributed by atoms with Crippen molar-refractivity contribution >= 4 is 11.9 Å². The van der Waals surface area contributed by atoms with E-state index in [1.165, 1.54) is 0 Å². The highest BCUT2D eigenvalue weighted by molar-refractivity contribution is 5.77. The minimum absolute atomic E-state index is 0.139. The van der Waals surface area contributed by atoms with Crippen molar-refractivity contribution in [3.8, 4) is 0 Å². The number of rotatable bonds is 4. The lowest BCUT2D eigenvalue weighted by Gasteiger charge is -2.32. The van der Waals surface area contributed by atoms with Crippen LogP contribution in [0, 0.1) is 5.92 Å². The van der Waals surface area contributed by atoms with Gasteiger partial charge in [-0.1, -0.05) is 6.92 Å².